The van der Waals surface area contributed by atoms with Crippen molar-refractivity contribution in [3.8, 4) is 0 Å². The van der Waals surface area contributed by atoms with Crippen molar-refractivity contribution in [2.75, 3.05) is 5.73 Å². The van der Waals surface area contributed by atoms with Crippen molar-refractivity contribution in [1.29, 1.82) is 0 Å². The van der Waals surface area contributed by atoms with Gasteiger partial charge in [0.15, 0.2) is 0 Å². The van der Waals surface area contributed by atoms with E-state index in [1.165, 1.54) is 0 Å². The predicted molar refractivity (Wildman–Crippen MR) is 65.8 cm³/mol. The number of aryl methyl sites for hydroxylation is 2. The van der Waals surface area contributed by atoms with Crippen LogP contribution in [0.4, 0.5) is 5.69 Å². The molecule has 0 unspecified atom stereocenters. The van der Waals surface area contributed by atoms with Gasteiger partial charge in [0.1, 0.15) is 0 Å². The van der Waals surface area contributed by atoms with Crippen LogP contribution in [-0.4, -0.2) is 9.55 Å². The SMILES string of the molecule is Cc1nc(Cn2cc(N)c(C)cc2=O)cs1. The van der Waals surface area contributed by atoms with Gasteiger partial charge in [-0.2, -0.15) is 0 Å². The molecule has 0 aromatic carbocycles. The highest BCUT2D eigenvalue weighted by Crippen LogP contribution is 2.10. The maximum Gasteiger partial charge on any atom is 0.251 e. The van der Waals surface area contributed by atoms with Gasteiger partial charge in [0.2, 0.25) is 0 Å². The van der Waals surface area contributed by atoms with Crippen LogP contribution in [-0.2, 0) is 6.54 Å². The number of pyridine rings is 1. The van der Waals surface area contributed by atoms with Gasteiger partial charge >= 0.3 is 0 Å². The number of aromatic nitrogens is 2. The summed E-state index contributed by atoms with van der Waals surface area (Å²) < 4.78 is 1.58. The molecule has 4 nitrogen and oxygen atoms in total. The number of anilines is 1. The average Bonchev–Trinajstić information content (AvgIpc) is 2.60. The van der Waals surface area contributed by atoms with E-state index < -0.39 is 0 Å². The summed E-state index contributed by atoms with van der Waals surface area (Å²) in [5.41, 5.74) is 8.07. The zero-order chi connectivity index (χ0) is 11.7. The second kappa shape index (κ2) is 4.09. The highest BCUT2D eigenvalue weighted by Gasteiger charge is 2.03. The van der Waals surface area contributed by atoms with Gasteiger partial charge in [0, 0.05) is 17.6 Å². The van der Waals surface area contributed by atoms with E-state index in [1.807, 2.05) is 19.2 Å². The summed E-state index contributed by atoms with van der Waals surface area (Å²) in [7, 11) is 0. The lowest BCUT2D eigenvalue weighted by atomic mass is 10.2. The summed E-state index contributed by atoms with van der Waals surface area (Å²) >= 11 is 1.58. The molecule has 0 spiro atoms. The monoisotopic (exact) mass is 235 g/mol. The van der Waals surface area contributed by atoms with E-state index in [0.29, 0.717) is 12.2 Å². The molecule has 0 radical (unpaired) electrons. The fourth-order valence-electron chi connectivity index (χ4n) is 1.46. The molecule has 16 heavy (non-hydrogen) atoms. The molecule has 0 saturated carbocycles. The molecule has 2 aromatic heterocycles. The molecule has 0 amide bonds. The smallest absolute Gasteiger partial charge is 0.251 e. The van der Waals surface area contributed by atoms with Gasteiger partial charge < -0.3 is 10.3 Å². The van der Waals surface area contributed by atoms with E-state index in [1.54, 1.807) is 28.2 Å². The minimum Gasteiger partial charge on any atom is -0.397 e. The summed E-state index contributed by atoms with van der Waals surface area (Å²) in [6.45, 7) is 4.25. The second-order valence-electron chi connectivity index (χ2n) is 3.74. The molecular formula is C11H13N3OS. The second-order valence-corrected chi connectivity index (χ2v) is 4.80. The van der Waals surface area contributed by atoms with Crippen LogP contribution in [0.2, 0.25) is 0 Å². The number of nitrogens with two attached hydrogens (primary N) is 1. The van der Waals surface area contributed by atoms with E-state index in [-0.39, 0.29) is 5.56 Å². The van der Waals surface area contributed by atoms with Crippen LogP contribution in [0.5, 0.6) is 0 Å². The van der Waals surface area contributed by atoms with E-state index in [0.717, 1.165) is 16.3 Å². The molecule has 2 N–H and O–H groups in total. The summed E-state index contributed by atoms with van der Waals surface area (Å²) in [4.78, 5) is 16.0. The van der Waals surface area contributed by atoms with Crippen LogP contribution >= 0.6 is 11.3 Å². The Labute approximate surface area is 97.4 Å². The molecule has 2 aromatic rings. The Morgan fingerprint density at radius 1 is 1.50 bits per heavy atom. The van der Waals surface area contributed by atoms with Crippen molar-refractivity contribution in [3.63, 3.8) is 0 Å². The predicted octanol–water partition coefficient (Wildman–Crippen LogP) is 1.55. The molecule has 0 saturated heterocycles. The number of hydrogen-bond donors (Lipinski definition) is 1. The third-order valence-electron chi connectivity index (χ3n) is 2.37. The average molecular weight is 235 g/mol. The molecule has 0 aliphatic rings. The summed E-state index contributed by atoms with van der Waals surface area (Å²) in [5, 5.41) is 2.96. The minimum absolute atomic E-state index is 0.0441. The molecule has 0 atom stereocenters. The molecule has 0 bridgehead atoms. The lowest BCUT2D eigenvalue weighted by Gasteiger charge is -2.06. The molecule has 0 aliphatic heterocycles. The van der Waals surface area contributed by atoms with Crippen molar-refractivity contribution < 1.29 is 0 Å². The standard InChI is InChI=1S/C11H13N3OS/c1-7-3-11(15)14(5-10(7)12)4-9-6-16-8(2)13-9/h3,5-6H,4,12H2,1-2H3. The minimum atomic E-state index is -0.0441. The van der Waals surface area contributed by atoms with Crippen LogP contribution in [0, 0.1) is 13.8 Å². The van der Waals surface area contributed by atoms with Gasteiger partial charge in [0.25, 0.3) is 5.56 Å². The van der Waals surface area contributed by atoms with Crippen LogP contribution in [0.15, 0.2) is 22.4 Å². The number of hydrogen-bond acceptors (Lipinski definition) is 4. The van der Waals surface area contributed by atoms with Gasteiger partial charge in [-0.3, -0.25) is 4.79 Å². The van der Waals surface area contributed by atoms with Crippen molar-refractivity contribution in [3.05, 3.63) is 44.3 Å². The topological polar surface area (TPSA) is 60.9 Å². The third-order valence-corrected chi connectivity index (χ3v) is 3.19. The maximum atomic E-state index is 11.7. The first-order chi connectivity index (χ1) is 7.56. The number of rotatable bonds is 2. The Morgan fingerprint density at radius 3 is 2.88 bits per heavy atom. The van der Waals surface area contributed by atoms with E-state index in [4.69, 9.17) is 5.73 Å². The third kappa shape index (κ3) is 2.14. The normalized spacial score (nSPS) is 10.6. The Bertz CT molecular complexity index is 571. The van der Waals surface area contributed by atoms with Gasteiger partial charge in [-0.25, -0.2) is 4.98 Å². The highest BCUT2D eigenvalue weighted by atomic mass is 32.1. The summed E-state index contributed by atoms with van der Waals surface area (Å²) in [6.07, 6.45) is 1.67. The van der Waals surface area contributed by atoms with Crippen molar-refractivity contribution in [1.82, 2.24) is 9.55 Å². The largest absolute Gasteiger partial charge is 0.397 e. The van der Waals surface area contributed by atoms with Crippen molar-refractivity contribution in [2.24, 2.45) is 0 Å². The summed E-state index contributed by atoms with van der Waals surface area (Å²) in [5.74, 6) is 0. The molecule has 84 valence electrons. The fourth-order valence-corrected chi connectivity index (χ4v) is 2.07. The van der Waals surface area contributed by atoms with Crippen LogP contribution < -0.4 is 11.3 Å². The highest BCUT2D eigenvalue weighted by molar-refractivity contribution is 7.09. The summed E-state index contributed by atoms with van der Waals surface area (Å²) in [6, 6.07) is 1.55. The zero-order valence-electron chi connectivity index (χ0n) is 9.23. The van der Waals surface area contributed by atoms with E-state index in [2.05, 4.69) is 4.98 Å². The van der Waals surface area contributed by atoms with Crippen LogP contribution in [0.1, 0.15) is 16.3 Å². The lowest BCUT2D eigenvalue weighted by molar-refractivity contribution is 0.742. The number of nitrogens with zero attached hydrogens (tertiary/aromatic N) is 2. The van der Waals surface area contributed by atoms with E-state index in [9.17, 15) is 4.79 Å². The molecular weight excluding hydrogens is 222 g/mol. The fraction of sp³-hybridized carbons (Fsp3) is 0.273. The zero-order valence-corrected chi connectivity index (χ0v) is 10.0. The maximum absolute atomic E-state index is 11.7. The van der Waals surface area contributed by atoms with Crippen LogP contribution in [0.25, 0.3) is 0 Å². The molecule has 5 heteroatoms. The molecule has 2 rings (SSSR count). The first-order valence-corrected chi connectivity index (χ1v) is 5.82. The van der Waals surface area contributed by atoms with Crippen molar-refractivity contribution in [2.45, 2.75) is 20.4 Å². The first kappa shape index (κ1) is 10.9. The Morgan fingerprint density at radius 2 is 2.25 bits per heavy atom. The molecule has 0 aliphatic carbocycles. The number of thiazole rings is 1. The Kier molecular flexibility index (Phi) is 2.78. The van der Waals surface area contributed by atoms with Gasteiger partial charge in [-0.1, -0.05) is 0 Å². The first-order valence-electron chi connectivity index (χ1n) is 4.94. The van der Waals surface area contributed by atoms with Crippen LogP contribution in [0.3, 0.4) is 0 Å². The Balaban J connectivity index is 2.35. The van der Waals surface area contributed by atoms with Crippen molar-refractivity contribution >= 4 is 17.0 Å². The lowest BCUT2D eigenvalue weighted by Crippen LogP contribution is -2.20. The van der Waals surface area contributed by atoms with E-state index >= 15 is 0 Å². The quantitative estimate of drug-likeness (QED) is 0.859. The van der Waals surface area contributed by atoms with Gasteiger partial charge in [0.05, 0.1) is 22.9 Å². The van der Waals surface area contributed by atoms with Gasteiger partial charge in [-0.15, -0.1) is 11.3 Å². The van der Waals surface area contributed by atoms with Gasteiger partial charge in [-0.05, 0) is 19.4 Å². The number of nitrogen functional groups attached to an aromatic ring is 1. The Hall–Kier alpha value is -1.62. The molecule has 2 heterocycles. The molecule has 0 fully saturated rings.